The molecule has 5 aromatic rings. The van der Waals surface area contributed by atoms with E-state index in [9.17, 15) is 41.1 Å². The summed E-state index contributed by atoms with van der Waals surface area (Å²) in [5.41, 5.74) is 1.38. The monoisotopic (exact) mass is 853 g/mol. The van der Waals surface area contributed by atoms with E-state index in [0.717, 1.165) is 55.3 Å². The molecule has 2 atom stereocenters. The first-order valence-corrected chi connectivity index (χ1v) is 19.2. The number of alkyl halides is 3. The van der Waals surface area contributed by atoms with Crippen LogP contribution in [-0.4, -0.2) is 100.0 Å². The lowest BCUT2D eigenvalue weighted by atomic mass is 9.99. The molecule has 1 fully saturated rings. The molecule has 0 spiro atoms. The molecular formula is C43H44F5N5O8. The van der Waals surface area contributed by atoms with Crippen LogP contribution in [0.15, 0.2) is 89.9 Å². The van der Waals surface area contributed by atoms with Gasteiger partial charge in [0.25, 0.3) is 5.56 Å². The number of hydrogen-bond donors (Lipinski definition) is 4. The van der Waals surface area contributed by atoms with Crippen LogP contribution in [0.3, 0.4) is 0 Å². The first-order valence-electron chi connectivity index (χ1n) is 19.2. The van der Waals surface area contributed by atoms with Crippen molar-refractivity contribution < 1.29 is 56.8 Å². The van der Waals surface area contributed by atoms with Crippen molar-refractivity contribution in [2.75, 3.05) is 13.1 Å². The number of aliphatic hydroxyl groups excluding tert-OH is 2. The third kappa shape index (κ3) is 11.6. The number of carboxylic acids is 2. The predicted molar refractivity (Wildman–Crippen MR) is 212 cm³/mol. The van der Waals surface area contributed by atoms with Crippen LogP contribution in [0.2, 0.25) is 0 Å². The van der Waals surface area contributed by atoms with Crippen molar-refractivity contribution in [2.45, 2.75) is 83.1 Å². The topological polar surface area (TPSA) is 186 Å². The minimum atomic E-state index is -4.42. The number of carboxylic acid groups (broad SMARTS) is 2. The molecule has 324 valence electrons. The Bertz CT molecular complexity index is 2370. The van der Waals surface area contributed by atoms with Gasteiger partial charge in [0.2, 0.25) is 5.91 Å². The summed E-state index contributed by atoms with van der Waals surface area (Å²) < 4.78 is 69.3. The molecule has 4 N–H and O–H groups in total. The molecule has 1 saturated heterocycles. The Kier molecular flexibility index (Phi) is 15.0. The fraction of sp³-hybridized carbons (Fsp3) is 0.349. The minimum absolute atomic E-state index is 0.0468. The van der Waals surface area contributed by atoms with Crippen molar-refractivity contribution >= 4 is 28.9 Å². The van der Waals surface area contributed by atoms with Crippen LogP contribution in [0.25, 0.3) is 22.2 Å². The molecule has 0 aliphatic carbocycles. The number of aromatic nitrogens is 3. The van der Waals surface area contributed by atoms with E-state index in [1.807, 2.05) is 29.2 Å². The van der Waals surface area contributed by atoms with Gasteiger partial charge in [-0.1, -0.05) is 48.5 Å². The molecule has 1 aliphatic heterocycles. The van der Waals surface area contributed by atoms with E-state index in [1.165, 1.54) is 30.5 Å². The van der Waals surface area contributed by atoms with Crippen LogP contribution >= 0.6 is 0 Å². The summed E-state index contributed by atoms with van der Waals surface area (Å²) in [5, 5.41) is 32.8. The predicted octanol–water partition coefficient (Wildman–Crippen LogP) is 5.32. The van der Waals surface area contributed by atoms with Crippen LogP contribution < -0.4 is 5.56 Å². The highest BCUT2D eigenvalue weighted by molar-refractivity contribution is 5.83. The van der Waals surface area contributed by atoms with E-state index >= 15 is 0 Å². The number of aryl methyl sites for hydroxylation is 2. The van der Waals surface area contributed by atoms with Crippen molar-refractivity contribution in [2.24, 2.45) is 0 Å². The fourth-order valence-corrected chi connectivity index (χ4v) is 6.97. The first-order chi connectivity index (χ1) is 28.8. The number of carbonyl (C=O) groups is 3. The number of carbonyl (C=O) groups excluding carboxylic acids is 1. The Morgan fingerprint density at radius 2 is 1.43 bits per heavy atom. The van der Waals surface area contributed by atoms with Gasteiger partial charge >= 0.3 is 18.1 Å². The van der Waals surface area contributed by atoms with Crippen molar-refractivity contribution in [3.8, 4) is 11.1 Å². The summed E-state index contributed by atoms with van der Waals surface area (Å²) >= 11 is 0. The van der Waals surface area contributed by atoms with Gasteiger partial charge in [0.15, 0.2) is 23.8 Å². The quantitative estimate of drug-likeness (QED) is 0.112. The smallest absolute Gasteiger partial charge is 0.416 e. The lowest BCUT2D eigenvalue weighted by molar-refractivity contribution is -0.165. The Hall–Kier alpha value is -6.11. The molecule has 2 aromatic heterocycles. The second kappa shape index (κ2) is 20.0. The molecule has 0 unspecified atom stereocenters. The molecule has 61 heavy (non-hydrogen) atoms. The molecule has 6 rings (SSSR count). The van der Waals surface area contributed by atoms with Crippen LogP contribution in [0.5, 0.6) is 0 Å². The van der Waals surface area contributed by atoms with Gasteiger partial charge in [0.1, 0.15) is 18.0 Å². The van der Waals surface area contributed by atoms with Gasteiger partial charge in [-0.3, -0.25) is 9.59 Å². The third-order valence-corrected chi connectivity index (χ3v) is 10.4. The standard InChI is InChI=1S/C39H38F5N5O2.C4H6O6/c1-25(2)47-21-18-31(19-22-47)48(23-26-8-10-27(11-9-26)28-12-15-30(16-13-28)39(42,43)44)35(50)24-49-34(17-14-29-5-3-7-33(40)36(29)41)46-38(51)32-6-4-20-45-37(32)49;5-1(3(7)8)2(6)4(9)10/h3-13,15-16,20,25,31H,14,17-19,21-24H2,1-2H3;1-2,5-6H,(H,7,8)(H,9,10)/t;1-,2-/m.1/s1. The van der Waals surface area contributed by atoms with Crippen molar-refractivity contribution in [1.82, 2.24) is 24.3 Å². The van der Waals surface area contributed by atoms with Crippen LogP contribution in [0.1, 0.15) is 49.2 Å². The van der Waals surface area contributed by atoms with Gasteiger partial charge in [-0.05, 0) is 85.7 Å². The zero-order valence-corrected chi connectivity index (χ0v) is 33.1. The van der Waals surface area contributed by atoms with Gasteiger partial charge in [-0.25, -0.2) is 23.4 Å². The molecule has 3 aromatic carbocycles. The highest BCUT2D eigenvalue weighted by atomic mass is 19.4. The summed E-state index contributed by atoms with van der Waals surface area (Å²) in [6, 6.07) is 19.8. The number of nitrogens with zero attached hydrogens (tertiary/aromatic N) is 5. The van der Waals surface area contributed by atoms with Crippen LogP contribution in [-0.2, 0) is 46.5 Å². The number of aliphatic hydroxyl groups is 2. The largest absolute Gasteiger partial charge is 0.479 e. The molecule has 0 bridgehead atoms. The number of pyridine rings is 1. The maximum absolute atomic E-state index is 14.5. The Morgan fingerprint density at radius 3 is 1.98 bits per heavy atom. The second-order valence-corrected chi connectivity index (χ2v) is 14.7. The maximum atomic E-state index is 14.5. The lowest BCUT2D eigenvalue weighted by Gasteiger charge is -2.40. The number of amides is 1. The molecule has 1 aliphatic rings. The number of fused-ring (bicyclic) bond motifs is 1. The number of benzene rings is 3. The molecule has 3 heterocycles. The van der Waals surface area contributed by atoms with Gasteiger partial charge in [0.05, 0.1) is 10.9 Å². The summed E-state index contributed by atoms with van der Waals surface area (Å²) in [5.74, 6) is -5.46. The summed E-state index contributed by atoms with van der Waals surface area (Å²) in [4.78, 5) is 59.9. The van der Waals surface area contributed by atoms with E-state index in [4.69, 9.17) is 20.4 Å². The molecule has 0 radical (unpaired) electrons. The highest BCUT2D eigenvalue weighted by Gasteiger charge is 2.32. The van der Waals surface area contributed by atoms with Crippen molar-refractivity contribution in [1.29, 1.82) is 0 Å². The highest BCUT2D eigenvalue weighted by Crippen LogP contribution is 2.31. The van der Waals surface area contributed by atoms with Gasteiger partial charge in [-0.2, -0.15) is 18.2 Å². The van der Waals surface area contributed by atoms with Gasteiger partial charge in [0, 0.05) is 44.3 Å². The molecule has 13 nitrogen and oxygen atoms in total. The average Bonchev–Trinajstić information content (AvgIpc) is 3.24. The molecule has 18 heteroatoms. The zero-order chi connectivity index (χ0) is 44.6. The number of aliphatic carboxylic acids is 2. The van der Waals surface area contributed by atoms with Gasteiger partial charge < -0.3 is 34.8 Å². The normalized spacial score (nSPS) is 14.6. The fourth-order valence-electron chi connectivity index (χ4n) is 6.97. The van der Waals surface area contributed by atoms with Crippen LogP contribution in [0, 0.1) is 11.6 Å². The number of rotatable bonds is 13. The van der Waals surface area contributed by atoms with E-state index in [1.54, 1.807) is 16.7 Å². The Labute approximate surface area is 346 Å². The SMILES string of the molecule is CC(C)N1CCC(N(Cc2ccc(-c3ccc(C(F)(F)F)cc3)cc2)C(=O)Cn2c(CCc3cccc(F)c3F)nc(=O)c3cccnc32)CC1.O=C(O)[C@H](O)[C@@H](O)C(=O)O. The summed E-state index contributed by atoms with van der Waals surface area (Å²) in [6.45, 7) is 6.00. The lowest BCUT2D eigenvalue weighted by Crippen LogP contribution is -2.49. The van der Waals surface area contributed by atoms with E-state index in [0.29, 0.717) is 11.6 Å². The second-order valence-electron chi connectivity index (χ2n) is 14.7. The number of likely N-dealkylation sites (tertiary alicyclic amines) is 1. The van der Waals surface area contributed by atoms with Crippen molar-refractivity contribution in [3.63, 3.8) is 0 Å². The number of hydrogen-bond acceptors (Lipinski definition) is 9. The molecule has 1 amide bonds. The number of piperidine rings is 1. The minimum Gasteiger partial charge on any atom is -0.479 e. The van der Waals surface area contributed by atoms with E-state index < -0.39 is 53.1 Å². The molecule has 0 saturated carbocycles. The first kappa shape index (κ1) is 46.0. The average molecular weight is 854 g/mol. The number of halogens is 5. The van der Waals surface area contributed by atoms with Gasteiger partial charge in [-0.15, -0.1) is 0 Å². The third-order valence-electron chi connectivity index (χ3n) is 10.4. The summed E-state index contributed by atoms with van der Waals surface area (Å²) in [7, 11) is 0. The Morgan fingerprint density at radius 1 is 0.836 bits per heavy atom. The van der Waals surface area contributed by atoms with Crippen molar-refractivity contribution in [3.05, 3.63) is 130 Å². The van der Waals surface area contributed by atoms with E-state index in [-0.39, 0.29) is 60.3 Å². The van der Waals surface area contributed by atoms with E-state index in [2.05, 4.69) is 28.7 Å². The Balaban J connectivity index is 0.000000626. The van der Waals surface area contributed by atoms with Crippen LogP contribution in [0.4, 0.5) is 22.0 Å². The summed E-state index contributed by atoms with van der Waals surface area (Å²) in [6.07, 6.45) is -5.82. The zero-order valence-electron chi connectivity index (χ0n) is 33.1. The maximum Gasteiger partial charge on any atom is 0.416 e. The molecular weight excluding hydrogens is 809 g/mol.